The van der Waals surface area contributed by atoms with Crippen LogP contribution in [0.5, 0.6) is 0 Å². The lowest BCUT2D eigenvalue weighted by atomic mass is 10.0. The molecule has 2 atom stereocenters. The lowest BCUT2D eigenvalue weighted by molar-refractivity contribution is -0.138. The van der Waals surface area contributed by atoms with Gasteiger partial charge in [0.15, 0.2) is 0 Å². The van der Waals surface area contributed by atoms with Crippen molar-refractivity contribution in [3.8, 4) is 0 Å². The number of rotatable bonds is 4. The minimum absolute atomic E-state index is 0.0303. The van der Waals surface area contributed by atoms with Gasteiger partial charge < -0.3 is 14.7 Å². The molecule has 0 bridgehead atoms. The Morgan fingerprint density at radius 1 is 1.56 bits per heavy atom. The van der Waals surface area contributed by atoms with E-state index in [9.17, 15) is 9.90 Å². The van der Waals surface area contributed by atoms with Gasteiger partial charge in [-0.25, -0.2) is 0 Å². The number of aliphatic hydroxyl groups is 1. The van der Waals surface area contributed by atoms with E-state index in [1.54, 1.807) is 18.7 Å². The Balaban J connectivity index is 2.56. The highest BCUT2D eigenvalue weighted by atomic mass is 16.5. The summed E-state index contributed by atoms with van der Waals surface area (Å²) in [5.74, 6) is 0.0753. The van der Waals surface area contributed by atoms with E-state index in [1.165, 1.54) is 0 Å². The third kappa shape index (κ3) is 3.76. The molecule has 4 heteroatoms. The molecule has 1 amide bonds. The van der Waals surface area contributed by atoms with Crippen molar-refractivity contribution in [2.75, 3.05) is 19.7 Å². The number of likely N-dealkylation sites (N-methyl/N-ethyl adjacent to an activating group) is 1. The van der Waals surface area contributed by atoms with Gasteiger partial charge in [-0.15, -0.1) is 0 Å². The van der Waals surface area contributed by atoms with Crippen LogP contribution in [0, 0.1) is 5.92 Å². The first-order chi connectivity index (χ1) is 7.33. The Labute approximate surface area is 97.6 Å². The molecule has 0 aromatic heterocycles. The van der Waals surface area contributed by atoms with Crippen LogP contribution in [0.25, 0.3) is 0 Å². The van der Waals surface area contributed by atoms with Crippen LogP contribution in [0.15, 0.2) is 0 Å². The summed E-state index contributed by atoms with van der Waals surface area (Å²) in [6.07, 6.45) is 0.969. The molecule has 16 heavy (non-hydrogen) atoms. The fourth-order valence-electron chi connectivity index (χ4n) is 2.06. The summed E-state index contributed by atoms with van der Waals surface area (Å²) in [5.41, 5.74) is -0.837. The van der Waals surface area contributed by atoms with Gasteiger partial charge in [-0.2, -0.15) is 0 Å². The Hall–Kier alpha value is -0.610. The van der Waals surface area contributed by atoms with Gasteiger partial charge >= 0.3 is 0 Å². The van der Waals surface area contributed by atoms with Gasteiger partial charge in [0.05, 0.1) is 24.2 Å². The molecule has 1 N–H and O–H groups in total. The number of nitrogens with zero attached hydrogens (tertiary/aromatic N) is 1. The van der Waals surface area contributed by atoms with Crippen molar-refractivity contribution in [3.63, 3.8) is 0 Å². The van der Waals surface area contributed by atoms with E-state index in [2.05, 4.69) is 0 Å². The molecule has 0 saturated carbocycles. The number of amides is 1. The van der Waals surface area contributed by atoms with E-state index in [-0.39, 0.29) is 17.9 Å². The summed E-state index contributed by atoms with van der Waals surface area (Å²) in [5, 5.41) is 9.74. The lowest BCUT2D eigenvalue weighted by Crippen LogP contribution is -2.44. The fourth-order valence-corrected chi connectivity index (χ4v) is 2.06. The van der Waals surface area contributed by atoms with E-state index in [0.717, 1.165) is 6.42 Å². The topological polar surface area (TPSA) is 49.8 Å². The van der Waals surface area contributed by atoms with Crippen LogP contribution in [0.3, 0.4) is 0 Å². The second-order valence-electron chi connectivity index (χ2n) is 5.24. The molecule has 1 heterocycles. The van der Waals surface area contributed by atoms with Gasteiger partial charge in [0, 0.05) is 13.1 Å². The molecule has 1 aliphatic rings. The fraction of sp³-hybridized carbons (Fsp3) is 0.917. The molecule has 1 saturated heterocycles. The van der Waals surface area contributed by atoms with Crippen LogP contribution in [0.1, 0.15) is 34.1 Å². The van der Waals surface area contributed by atoms with Crippen LogP contribution in [-0.4, -0.2) is 47.3 Å². The molecule has 0 radical (unpaired) electrons. The normalized spacial score (nSPS) is 25.8. The predicted octanol–water partition coefficient (Wildman–Crippen LogP) is 1.03. The average Bonchev–Trinajstić information content (AvgIpc) is 2.58. The predicted molar refractivity (Wildman–Crippen MR) is 62.1 cm³/mol. The van der Waals surface area contributed by atoms with Crippen molar-refractivity contribution in [1.82, 2.24) is 4.90 Å². The molecule has 0 spiro atoms. The number of carbonyl (C=O) groups is 1. The Morgan fingerprint density at radius 3 is 2.56 bits per heavy atom. The van der Waals surface area contributed by atoms with Gasteiger partial charge in [0.2, 0.25) is 5.91 Å². The summed E-state index contributed by atoms with van der Waals surface area (Å²) in [6.45, 7) is 8.89. The maximum atomic E-state index is 12.1. The van der Waals surface area contributed by atoms with E-state index in [4.69, 9.17) is 4.74 Å². The third-order valence-electron chi connectivity index (χ3n) is 2.82. The molecular formula is C12H23NO3. The highest BCUT2D eigenvalue weighted by Crippen LogP contribution is 2.22. The maximum Gasteiger partial charge on any atom is 0.228 e. The van der Waals surface area contributed by atoms with Crippen molar-refractivity contribution >= 4 is 5.91 Å². The molecule has 94 valence electrons. The minimum Gasteiger partial charge on any atom is -0.389 e. The van der Waals surface area contributed by atoms with Crippen LogP contribution >= 0.6 is 0 Å². The van der Waals surface area contributed by atoms with Crippen LogP contribution in [0.4, 0.5) is 0 Å². The molecule has 0 aromatic rings. The van der Waals surface area contributed by atoms with Gasteiger partial charge in [0.1, 0.15) is 0 Å². The van der Waals surface area contributed by atoms with Gasteiger partial charge in [-0.3, -0.25) is 4.79 Å². The molecule has 4 nitrogen and oxygen atoms in total. The van der Waals surface area contributed by atoms with Gasteiger partial charge in [-0.05, 0) is 34.1 Å². The SMILES string of the molecule is CCN(CC(C)(C)O)C(=O)C1COC(C)C1. The highest BCUT2D eigenvalue weighted by molar-refractivity contribution is 5.79. The Kier molecular flexibility index (Phi) is 4.33. The van der Waals surface area contributed by atoms with Crippen molar-refractivity contribution in [2.45, 2.75) is 45.8 Å². The van der Waals surface area contributed by atoms with Crippen molar-refractivity contribution in [1.29, 1.82) is 0 Å². The van der Waals surface area contributed by atoms with Gasteiger partial charge in [-0.1, -0.05) is 0 Å². The van der Waals surface area contributed by atoms with Crippen LogP contribution in [0.2, 0.25) is 0 Å². The first kappa shape index (κ1) is 13.5. The zero-order valence-corrected chi connectivity index (χ0v) is 10.7. The first-order valence-corrected chi connectivity index (χ1v) is 5.96. The van der Waals surface area contributed by atoms with Crippen molar-refractivity contribution < 1.29 is 14.6 Å². The number of ether oxygens (including phenoxy) is 1. The number of carbonyl (C=O) groups excluding carboxylic acids is 1. The summed E-state index contributed by atoms with van der Waals surface area (Å²) in [4.78, 5) is 13.8. The van der Waals surface area contributed by atoms with Crippen molar-refractivity contribution in [3.05, 3.63) is 0 Å². The van der Waals surface area contributed by atoms with Gasteiger partial charge in [0.25, 0.3) is 0 Å². The first-order valence-electron chi connectivity index (χ1n) is 5.96. The summed E-state index contributed by atoms with van der Waals surface area (Å²) in [6, 6.07) is 0. The molecule has 2 unspecified atom stereocenters. The third-order valence-corrected chi connectivity index (χ3v) is 2.82. The summed E-state index contributed by atoms with van der Waals surface area (Å²) < 4.78 is 5.40. The number of hydrogen-bond acceptors (Lipinski definition) is 3. The average molecular weight is 229 g/mol. The quantitative estimate of drug-likeness (QED) is 0.783. The maximum absolute atomic E-state index is 12.1. The second kappa shape index (κ2) is 5.15. The molecule has 1 rings (SSSR count). The molecule has 0 aliphatic carbocycles. The van der Waals surface area contributed by atoms with E-state index < -0.39 is 5.60 Å². The molecular weight excluding hydrogens is 206 g/mol. The molecule has 0 aromatic carbocycles. The summed E-state index contributed by atoms with van der Waals surface area (Å²) >= 11 is 0. The number of hydrogen-bond donors (Lipinski definition) is 1. The minimum atomic E-state index is -0.837. The van der Waals surface area contributed by atoms with Crippen molar-refractivity contribution in [2.24, 2.45) is 5.92 Å². The summed E-state index contributed by atoms with van der Waals surface area (Å²) in [7, 11) is 0. The zero-order chi connectivity index (χ0) is 12.3. The molecule has 1 fully saturated rings. The van der Waals surface area contributed by atoms with Crippen LogP contribution < -0.4 is 0 Å². The Morgan fingerprint density at radius 2 is 2.19 bits per heavy atom. The largest absolute Gasteiger partial charge is 0.389 e. The van der Waals surface area contributed by atoms with E-state index in [1.807, 2.05) is 13.8 Å². The second-order valence-corrected chi connectivity index (χ2v) is 5.24. The Bertz CT molecular complexity index is 247. The van der Waals surface area contributed by atoms with E-state index >= 15 is 0 Å². The lowest BCUT2D eigenvalue weighted by Gasteiger charge is -2.29. The monoisotopic (exact) mass is 229 g/mol. The van der Waals surface area contributed by atoms with E-state index in [0.29, 0.717) is 19.7 Å². The smallest absolute Gasteiger partial charge is 0.228 e. The molecule has 1 aliphatic heterocycles. The standard InChI is InChI=1S/C12H23NO3/c1-5-13(8-12(3,4)15)11(14)10-6-9(2)16-7-10/h9-10,15H,5-8H2,1-4H3. The highest BCUT2D eigenvalue weighted by Gasteiger charge is 2.32. The van der Waals surface area contributed by atoms with Crippen LogP contribution in [-0.2, 0) is 9.53 Å². The zero-order valence-electron chi connectivity index (χ0n) is 10.7.